The first kappa shape index (κ1) is 69.4. The number of hydrogen-bond acceptors (Lipinski definition) is 8. The molecule has 73 heavy (non-hydrogen) atoms. The number of carbonyl (C=O) groups is 1. The molecule has 0 bridgehead atoms. The summed E-state index contributed by atoms with van der Waals surface area (Å²) < 4.78 is 11.3. The maximum Gasteiger partial charge on any atom is 0.220 e. The van der Waals surface area contributed by atoms with Gasteiger partial charge >= 0.3 is 0 Å². The predicted octanol–water partition coefficient (Wildman–Crippen LogP) is 16.3. The summed E-state index contributed by atoms with van der Waals surface area (Å²) in [6, 6.07) is -0.827. The lowest BCUT2D eigenvalue weighted by atomic mass is 9.99. The fourth-order valence-electron chi connectivity index (χ4n) is 10.2. The molecule has 0 aliphatic carbocycles. The van der Waals surface area contributed by atoms with Crippen LogP contribution in [0.3, 0.4) is 0 Å². The van der Waals surface area contributed by atoms with E-state index in [1.807, 2.05) is 6.08 Å². The fourth-order valence-corrected chi connectivity index (χ4v) is 10.2. The lowest BCUT2D eigenvalue weighted by Crippen LogP contribution is -2.60. The van der Waals surface area contributed by atoms with E-state index in [2.05, 4.69) is 43.5 Å². The lowest BCUT2D eigenvalue weighted by Gasteiger charge is -2.40. The molecule has 0 saturated carbocycles. The minimum atomic E-state index is -1.57. The van der Waals surface area contributed by atoms with Crippen LogP contribution in [-0.4, -0.2) is 87.5 Å². The summed E-state index contributed by atoms with van der Waals surface area (Å²) in [6.07, 6.45) is 63.8. The third-order valence-electron chi connectivity index (χ3n) is 15.2. The first-order valence-corrected chi connectivity index (χ1v) is 31.7. The molecule has 1 fully saturated rings. The molecule has 9 heteroatoms. The highest BCUT2D eigenvalue weighted by molar-refractivity contribution is 5.76. The molecule has 6 N–H and O–H groups in total. The van der Waals surface area contributed by atoms with Gasteiger partial charge in [0.2, 0.25) is 5.91 Å². The Bertz CT molecular complexity index is 1240. The Morgan fingerprint density at radius 3 is 1.15 bits per heavy atom. The van der Waals surface area contributed by atoms with E-state index in [4.69, 9.17) is 9.47 Å². The molecule has 0 aromatic carbocycles. The standard InChI is InChI=1S/C64H121NO8/c1-3-5-7-9-11-13-15-17-19-21-23-25-26-27-28-29-30-31-32-33-34-36-38-40-42-44-46-48-50-52-54-60(68)65-57(56-72-64-63(71)62(70)61(69)59(55-66)73-64)58(67)53-51-49-47-45-43-41-39-37-35-24-22-20-18-16-14-12-10-8-6-4-2/h35,37,43,45,51,53,57-59,61-64,66-67,69-71H,3-34,36,38-42,44,46-50,52,54-56H2,1-2H3,(H,65,68)/b37-35+,45-43+,53-51+. The number of hydrogen-bond donors (Lipinski definition) is 6. The van der Waals surface area contributed by atoms with Crippen molar-refractivity contribution in [3.8, 4) is 0 Å². The van der Waals surface area contributed by atoms with Gasteiger partial charge in [-0.1, -0.05) is 294 Å². The van der Waals surface area contributed by atoms with E-state index in [9.17, 15) is 30.3 Å². The maximum atomic E-state index is 13.1. The van der Waals surface area contributed by atoms with Gasteiger partial charge in [-0.25, -0.2) is 0 Å². The van der Waals surface area contributed by atoms with Gasteiger partial charge in [0.15, 0.2) is 6.29 Å². The number of rotatable bonds is 55. The molecule has 0 aromatic heterocycles. The molecule has 430 valence electrons. The lowest BCUT2D eigenvalue weighted by molar-refractivity contribution is -0.302. The summed E-state index contributed by atoms with van der Waals surface area (Å²) in [5.74, 6) is -0.185. The molecule has 7 atom stereocenters. The maximum absolute atomic E-state index is 13.1. The van der Waals surface area contributed by atoms with E-state index in [0.717, 1.165) is 44.9 Å². The van der Waals surface area contributed by atoms with E-state index in [1.165, 1.54) is 244 Å². The number of unbranched alkanes of at least 4 members (excludes halogenated alkanes) is 41. The molecule has 0 radical (unpaired) electrons. The number of allylic oxidation sites excluding steroid dienone is 5. The average Bonchev–Trinajstić information content (AvgIpc) is 3.39. The molecule has 0 aromatic rings. The van der Waals surface area contributed by atoms with Crippen LogP contribution >= 0.6 is 0 Å². The van der Waals surface area contributed by atoms with Crippen molar-refractivity contribution >= 4 is 5.91 Å². The first-order valence-electron chi connectivity index (χ1n) is 31.7. The second-order valence-electron chi connectivity index (χ2n) is 22.2. The highest BCUT2D eigenvalue weighted by Crippen LogP contribution is 2.23. The molecule has 1 heterocycles. The molecule has 7 unspecified atom stereocenters. The van der Waals surface area contributed by atoms with Crippen LogP contribution in [0.25, 0.3) is 0 Å². The molecular formula is C64H121NO8. The molecule has 1 aliphatic heterocycles. The number of ether oxygens (including phenoxy) is 2. The van der Waals surface area contributed by atoms with Crippen molar-refractivity contribution in [3.63, 3.8) is 0 Å². The number of aliphatic hydroxyl groups is 5. The summed E-state index contributed by atoms with van der Waals surface area (Å²) >= 11 is 0. The smallest absolute Gasteiger partial charge is 0.220 e. The summed E-state index contributed by atoms with van der Waals surface area (Å²) in [5, 5.41) is 54.6. The largest absolute Gasteiger partial charge is 0.394 e. The van der Waals surface area contributed by atoms with Crippen LogP contribution in [0.5, 0.6) is 0 Å². The Balaban J connectivity index is 2.17. The molecule has 9 nitrogen and oxygen atoms in total. The normalized spacial score (nSPS) is 19.2. The van der Waals surface area contributed by atoms with Crippen molar-refractivity contribution in [2.45, 2.75) is 352 Å². The van der Waals surface area contributed by atoms with Crippen molar-refractivity contribution < 1.29 is 39.8 Å². The van der Waals surface area contributed by atoms with Crippen molar-refractivity contribution in [1.29, 1.82) is 0 Å². The van der Waals surface area contributed by atoms with Gasteiger partial charge in [-0.2, -0.15) is 0 Å². The highest BCUT2D eigenvalue weighted by atomic mass is 16.7. The number of nitrogens with one attached hydrogen (secondary N) is 1. The Morgan fingerprint density at radius 1 is 0.452 bits per heavy atom. The minimum Gasteiger partial charge on any atom is -0.394 e. The van der Waals surface area contributed by atoms with Gasteiger partial charge in [0.1, 0.15) is 24.4 Å². The van der Waals surface area contributed by atoms with Crippen molar-refractivity contribution in [2.75, 3.05) is 13.2 Å². The van der Waals surface area contributed by atoms with Crippen LogP contribution in [0.15, 0.2) is 36.5 Å². The number of carbonyl (C=O) groups excluding carboxylic acids is 1. The Hall–Kier alpha value is -1.59. The average molecular weight is 1030 g/mol. The van der Waals surface area contributed by atoms with Gasteiger partial charge in [-0.15, -0.1) is 0 Å². The van der Waals surface area contributed by atoms with E-state index in [1.54, 1.807) is 6.08 Å². The fraction of sp³-hybridized carbons (Fsp3) is 0.891. The van der Waals surface area contributed by atoms with E-state index in [0.29, 0.717) is 6.42 Å². The van der Waals surface area contributed by atoms with E-state index < -0.39 is 49.5 Å². The zero-order valence-corrected chi connectivity index (χ0v) is 47.9. The zero-order chi connectivity index (χ0) is 52.9. The number of amides is 1. The van der Waals surface area contributed by atoms with Gasteiger partial charge in [0.25, 0.3) is 0 Å². The second-order valence-corrected chi connectivity index (χ2v) is 22.2. The van der Waals surface area contributed by atoms with Crippen molar-refractivity contribution in [3.05, 3.63) is 36.5 Å². The quantitative estimate of drug-likeness (QED) is 0.0261. The van der Waals surface area contributed by atoms with Crippen LogP contribution in [0.1, 0.15) is 309 Å². The van der Waals surface area contributed by atoms with E-state index >= 15 is 0 Å². The molecule has 1 aliphatic rings. The summed E-state index contributed by atoms with van der Waals surface area (Å²) in [4.78, 5) is 13.1. The van der Waals surface area contributed by atoms with Gasteiger partial charge in [0, 0.05) is 6.42 Å². The minimum absolute atomic E-state index is 0.185. The van der Waals surface area contributed by atoms with Gasteiger partial charge in [-0.3, -0.25) is 4.79 Å². The van der Waals surface area contributed by atoms with Crippen molar-refractivity contribution in [2.24, 2.45) is 0 Å². The van der Waals surface area contributed by atoms with Crippen LogP contribution in [0, 0.1) is 0 Å². The molecule has 1 saturated heterocycles. The number of aliphatic hydroxyl groups excluding tert-OH is 5. The van der Waals surface area contributed by atoms with E-state index in [-0.39, 0.29) is 12.5 Å². The van der Waals surface area contributed by atoms with Crippen LogP contribution in [-0.2, 0) is 14.3 Å². The molecule has 1 amide bonds. The second kappa shape index (κ2) is 53.8. The Labute approximate surface area is 451 Å². The van der Waals surface area contributed by atoms with Gasteiger partial charge in [0.05, 0.1) is 25.4 Å². The molecular weight excluding hydrogens is 911 g/mol. The summed E-state index contributed by atoms with van der Waals surface area (Å²) in [7, 11) is 0. The van der Waals surface area contributed by atoms with Crippen molar-refractivity contribution in [1.82, 2.24) is 5.32 Å². The van der Waals surface area contributed by atoms with Gasteiger partial charge in [-0.05, 0) is 44.9 Å². The summed E-state index contributed by atoms with van der Waals surface area (Å²) in [6.45, 7) is 3.80. The monoisotopic (exact) mass is 1030 g/mol. The zero-order valence-electron chi connectivity index (χ0n) is 47.9. The summed E-state index contributed by atoms with van der Waals surface area (Å²) in [5.41, 5.74) is 0. The third kappa shape index (κ3) is 43.1. The van der Waals surface area contributed by atoms with Crippen LogP contribution in [0.2, 0.25) is 0 Å². The Kier molecular flexibility index (Phi) is 51.2. The van der Waals surface area contributed by atoms with Crippen LogP contribution in [0.4, 0.5) is 0 Å². The third-order valence-corrected chi connectivity index (χ3v) is 15.2. The Morgan fingerprint density at radius 2 is 0.781 bits per heavy atom. The molecule has 0 spiro atoms. The van der Waals surface area contributed by atoms with Gasteiger partial charge < -0.3 is 40.3 Å². The predicted molar refractivity (Wildman–Crippen MR) is 309 cm³/mol. The van der Waals surface area contributed by atoms with Crippen LogP contribution < -0.4 is 5.32 Å². The molecule has 1 rings (SSSR count). The SMILES string of the molecule is CCCCCCCCCCCC/C=C/CC/C=C/CC/C=C/C(O)C(COC1OC(CO)C(O)C(O)C1O)NC(=O)CCCCCCCCCCCCCCCCCCCCCCCCCCCCCCCC. The first-order chi connectivity index (χ1) is 35.8. The topological polar surface area (TPSA) is 149 Å². The highest BCUT2D eigenvalue weighted by Gasteiger charge is 2.44.